The Morgan fingerprint density at radius 1 is 1.27 bits per heavy atom. The first-order valence-corrected chi connectivity index (χ1v) is 6.74. The van der Waals surface area contributed by atoms with E-state index in [-0.39, 0.29) is 0 Å². The van der Waals surface area contributed by atoms with Crippen LogP contribution in [0.5, 0.6) is 0 Å². The van der Waals surface area contributed by atoms with E-state index in [0.717, 1.165) is 5.92 Å². The summed E-state index contributed by atoms with van der Waals surface area (Å²) in [5.74, 6) is 7.31. The lowest BCUT2D eigenvalue weighted by Gasteiger charge is -2.26. The molecule has 0 radical (unpaired) electrons. The SMILES string of the molecule is CCC(C)C(CCC1CCCCC1)NN. The zero-order valence-corrected chi connectivity index (χ0v) is 10.5. The van der Waals surface area contributed by atoms with Crippen molar-refractivity contribution in [2.24, 2.45) is 17.7 Å². The van der Waals surface area contributed by atoms with Gasteiger partial charge in [0.05, 0.1) is 0 Å². The van der Waals surface area contributed by atoms with Gasteiger partial charge in [-0.05, 0) is 24.7 Å². The summed E-state index contributed by atoms with van der Waals surface area (Å²) in [4.78, 5) is 0. The standard InChI is InChI=1S/C13H28N2/c1-3-11(2)13(15-14)10-9-12-7-5-4-6-8-12/h11-13,15H,3-10,14H2,1-2H3. The molecule has 1 rings (SSSR count). The third-order valence-electron chi connectivity index (χ3n) is 4.16. The Labute approximate surface area is 95.0 Å². The van der Waals surface area contributed by atoms with E-state index in [2.05, 4.69) is 19.3 Å². The summed E-state index contributed by atoms with van der Waals surface area (Å²) < 4.78 is 0. The van der Waals surface area contributed by atoms with Crippen molar-refractivity contribution >= 4 is 0 Å². The van der Waals surface area contributed by atoms with Gasteiger partial charge in [-0.2, -0.15) is 0 Å². The predicted octanol–water partition coefficient (Wildman–Crippen LogP) is 3.22. The number of hydrogen-bond acceptors (Lipinski definition) is 2. The van der Waals surface area contributed by atoms with E-state index in [1.165, 1.54) is 51.4 Å². The third kappa shape index (κ3) is 4.52. The fourth-order valence-electron chi connectivity index (χ4n) is 2.71. The molecular formula is C13H28N2. The molecule has 0 aromatic heterocycles. The average molecular weight is 212 g/mol. The van der Waals surface area contributed by atoms with Gasteiger partial charge in [-0.15, -0.1) is 0 Å². The van der Waals surface area contributed by atoms with Crippen LogP contribution in [0.25, 0.3) is 0 Å². The van der Waals surface area contributed by atoms with Crippen LogP contribution in [-0.2, 0) is 0 Å². The van der Waals surface area contributed by atoms with Crippen molar-refractivity contribution in [1.29, 1.82) is 0 Å². The highest BCUT2D eigenvalue weighted by molar-refractivity contribution is 4.73. The number of hydrazine groups is 1. The maximum atomic E-state index is 5.61. The largest absolute Gasteiger partial charge is 0.271 e. The minimum atomic E-state index is 0.525. The molecule has 0 amide bonds. The lowest BCUT2D eigenvalue weighted by molar-refractivity contribution is 0.282. The normalized spacial score (nSPS) is 22.6. The van der Waals surface area contributed by atoms with E-state index in [4.69, 9.17) is 5.84 Å². The molecule has 0 aromatic carbocycles. The Balaban J connectivity index is 2.20. The molecule has 1 aliphatic rings. The monoisotopic (exact) mass is 212 g/mol. The second kappa shape index (κ2) is 7.24. The summed E-state index contributed by atoms with van der Waals surface area (Å²) in [7, 11) is 0. The summed E-state index contributed by atoms with van der Waals surface area (Å²) in [6.45, 7) is 4.54. The van der Waals surface area contributed by atoms with Crippen LogP contribution in [0, 0.1) is 11.8 Å². The second-order valence-electron chi connectivity index (χ2n) is 5.24. The fraction of sp³-hybridized carbons (Fsp3) is 1.00. The molecule has 0 bridgehead atoms. The van der Waals surface area contributed by atoms with Crippen molar-refractivity contribution in [1.82, 2.24) is 5.43 Å². The Hall–Kier alpha value is -0.0800. The molecule has 2 nitrogen and oxygen atoms in total. The number of nitrogens with one attached hydrogen (secondary N) is 1. The van der Waals surface area contributed by atoms with Crippen molar-refractivity contribution in [3.05, 3.63) is 0 Å². The van der Waals surface area contributed by atoms with Crippen molar-refractivity contribution in [3.63, 3.8) is 0 Å². The first-order valence-electron chi connectivity index (χ1n) is 6.74. The van der Waals surface area contributed by atoms with Gasteiger partial charge in [0.15, 0.2) is 0 Å². The predicted molar refractivity (Wildman–Crippen MR) is 66.4 cm³/mol. The third-order valence-corrected chi connectivity index (χ3v) is 4.16. The zero-order chi connectivity index (χ0) is 11.1. The highest BCUT2D eigenvalue weighted by atomic mass is 15.2. The average Bonchev–Trinajstić information content (AvgIpc) is 2.31. The van der Waals surface area contributed by atoms with Gasteiger partial charge in [-0.1, -0.05) is 52.4 Å². The molecule has 2 atom stereocenters. The van der Waals surface area contributed by atoms with Crippen molar-refractivity contribution in [3.8, 4) is 0 Å². The van der Waals surface area contributed by atoms with Gasteiger partial charge in [-0.25, -0.2) is 0 Å². The van der Waals surface area contributed by atoms with E-state index < -0.39 is 0 Å². The molecule has 1 saturated carbocycles. The van der Waals surface area contributed by atoms with Crippen molar-refractivity contribution in [2.75, 3.05) is 0 Å². The van der Waals surface area contributed by atoms with Crippen LogP contribution >= 0.6 is 0 Å². The Kier molecular flexibility index (Phi) is 6.26. The Morgan fingerprint density at radius 3 is 2.47 bits per heavy atom. The summed E-state index contributed by atoms with van der Waals surface area (Å²) >= 11 is 0. The topological polar surface area (TPSA) is 38.0 Å². The first kappa shape index (κ1) is 13.0. The second-order valence-corrected chi connectivity index (χ2v) is 5.24. The molecule has 0 aromatic rings. The Bertz CT molecular complexity index is 153. The maximum Gasteiger partial charge on any atom is 0.0236 e. The van der Waals surface area contributed by atoms with E-state index in [1.54, 1.807) is 0 Å². The van der Waals surface area contributed by atoms with Crippen molar-refractivity contribution < 1.29 is 0 Å². The van der Waals surface area contributed by atoms with Gasteiger partial charge >= 0.3 is 0 Å². The van der Waals surface area contributed by atoms with Gasteiger partial charge in [-0.3, -0.25) is 11.3 Å². The van der Waals surface area contributed by atoms with Gasteiger partial charge in [0.25, 0.3) is 0 Å². The highest BCUT2D eigenvalue weighted by Crippen LogP contribution is 2.28. The van der Waals surface area contributed by atoms with E-state index in [0.29, 0.717) is 12.0 Å². The van der Waals surface area contributed by atoms with Gasteiger partial charge < -0.3 is 0 Å². The first-order chi connectivity index (χ1) is 7.27. The molecule has 0 spiro atoms. The maximum absolute atomic E-state index is 5.61. The lowest BCUT2D eigenvalue weighted by atomic mass is 9.83. The summed E-state index contributed by atoms with van der Waals surface area (Å²) in [6.07, 6.45) is 11.1. The van der Waals surface area contributed by atoms with E-state index in [1.807, 2.05) is 0 Å². The van der Waals surface area contributed by atoms with Gasteiger partial charge in [0.1, 0.15) is 0 Å². The van der Waals surface area contributed by atoms with Gasteiger partial charge in [0, 0.05) is 6.04 Å². The van der Waals surface area contributed by atoms with Crippen LogP contribution in [0.4, 0.5) is 0 Å². The molecule has 2 unspecified atom stereocenters. The summed E-state index contributed by atoms with van der Waals surface area (Å²) in [6, 6.07) is 0.525. The van der Waals surface area contributed by atoms with Crippen LogP contribution < -0.4 is 11.3 Å². The molecule has 2 heteroatoms. The molecular weight excluding hydrogens is 184 g/mol. The summed E-state index contributed by atoms with van der Waals surface area (Å²) in [5, 5.41) is 0. The van der Waals surface area contributed by atoms with E-state index >= 15 is 0 Å². The molecule has 3 N–H and O–H groups in total. The van der Waals surface area contributed by atoms with Crippen LogP contribution in [0.3, 0.4) is 0 Å². The van der Waals surface area contributed by atoms with Crippen LogP contribution in [0.2, 0.25) is 0 Å². The molecule has 0 heterocycles. The molecule has 0 aliphatic heterocycles. The molecule has 90 valence electrons. The fourth-order valence-corrected chi connectivity index (χ4v) is 2.71. The smallest absolute Gasteiger partial charge is 0.0236 e. The molecule has 1 fully saturated rings. The van der Waals surface area contributed by atoms with E-state index in [9.17, 15) is 0 Å². The zero-order valence-electron chi connectivity index (χ0n) is 10.5. The van der Waals surface area contributed by atoms with Crippen LogP contribution in [0.15, 0.2) is 0 Å². The van der Waals surface area contributed by atoms with Gasteiger partial charge in [0.2, 0.25) is 0 Å². The highest BCUT2D eigenvalue weighted by Gasteiger charge is 2.18. The number of rotatable bonds is 6. The van der Waals surface area contributed by atoms with Crippen LogP contribution in [0.1, 0.15) is 65.2 Å². The minimum Gasteiger partial charge on any atom is -0.271 e. The number of nitrogens with two attached hydrogens (primary N) is 1. The molecule has 1 aliphatic carbocycles. The van der Waals surface area contributed by atoms with Crippen molar-refractivity contribution in [2.45, 2.75) is 71.3 Å². The summed E-state index contributed by atoms with van der Waals surface area (Å²) in [5.41, 5.74) is 2.99. The molecule has 0 saturated heterocycles. The quantitative estimate of drug-likeness (QED) is 0.524. The minimum absolute atomic E-state index is 0.525. The molecule has 15 heavy (non-hydrogen) atoms. The number of hydrogen-bond donors (Lipinski definition) is 2. The Morgan fingerprint density at radius 2 is 1.93 bits per heavy atom. The lowest BCUT2D eigenvalue weighted by Crippen LogP contribution is -2.40. The van der Waals surface area contributed by atoms with Crippen LogP contribution in [-0.4, -0.2) is 6.04 Å².